The molecule has 0 aromatic heterocycles. The second kappa shape index (κ2) is 8.42. The lowest BCUT2D eigenvalue weighted by Gasteiger charge is -2.30. The highest BCUT2D eigenvalue weighted by atomic mass is 32.2. The van der Waals surface area contributed by atoms with Crippen molar-refractivity contribution in [1.82, 2.24) is 10.2 Å². The van der Waals surface area contributed by atoms with Crippen LogP contribution in [0.4, 0.5) is 0 Å². The Morgan fingerprint density at radius 1 is 1.19 bits per heavy atom. The molecule has 1 amide bonds. The molecule has 1 saturated heterocycles. The Bertz CT molecular complexity index is 337. The fraction of sp³-hybridized carbons (Fsp3) is 0.941. The Hall–Kier alpha value is -0.220. The van der Waals surface area contributed by atoms with Crippen molar-refractivity contribution in [2.75, 3.05) is 5.75 Å². The van der Waals surface area contributed by atoms with Gasteiger partial charge < -0.3 is 4.90 Å². The third kappa shape index (κ3) is 4.16. The van der Waals surface area contributed by atoms with E-state index in [4.69, 9.17) is 0 Å². The minimum absolute atomic E-state index is 0.0828. The molecular formula is C17H32N2OS. The number of hydrogen-bond acceptors (Lipinski definition) is 3. The van der Waals surface area contributed by atoms with Gasteiger partial charge in [0.25, 0.3) is 0 Å². The zero-order valence-corrected chi connectivity index (χ0v) is 14.8. The van der Waals surface area contributed by atoms with E-state index in [9.17, 15) is 4.79 Å². The Kier molecular flexibility index (Phi) is 6.87. The van der Waals surface area contributed by atoms with Crippen LogP contribution in [0.3, 0.4) is 0 Å². The molecule has 2 aliphatic rings. The number of amides is 1. The van der Waals surface area contributed by atoms with Crippen LogP contribution < -0.4 is 5.32 Å². The van der Waals surface area contributed by atoms with Crippen LogP contribution in [-0.4, -0.2) is 40.1 Å². The van der Waals surface area contributed by atoms with E-state index in [-0.39, 0.29) is 6.04 Å². The number of rotatable bonds is 8. The van der Waals surface area contributed by atoms with Gasteiger partial charge in [0.1, 0.15) is 0 Å². The van der Waals surface area contributed by atoms with Crippen LogP contribution in [0.5, 0.6) is 0 Å². The van der Waals surface area contributed by atoms with Crippen molar-refractivity contribution in [3.63, 3.8) is 0 Å². The first-order valence-electron chi connectivity index (χ1n) is 8.91. The number of nitrogens with zero attached hydrogens (tertiary/aromatic N) is 1. The van der Waals surface area contributed by atoms with Gasteiger partial charge in [0.05, 0.1) is 12.2 Å². The van der Waals surface area contributed by atoms with Crippen molar-refractivity contribution in [3.8, 4) is 0 Å². The monoisotopic (exact) mass is 312 g/mol. The normalized spacial score (nSPS) is 33.1. The number of nitrogens with one attached hydrogen (secondary N) is 1. The first-order valence-corrected chi connectivity index (χ1v) is 9.95. The molecule has 4 heteroatoms. The molecular weight excluding hydrogens is 280 g/mol. The summed E-state index contributed by atoms with van der Waals surface area (Å²) < 4.78 is 0. The van der Waals surface area contributed by atoms with Crippen LogP contribution in [-0.2, 0) is 4.79 Å². The van der Waals surface area contributed by atoms with Gasteiger partial charge in [-0.05, 0) is 37.9 Å². The van der Waals surface area contributed by atoms with E-state index < -0.39 is 0 Å². The van der Waals surface area contributed by atoms with Gasteiger partial charge in [-0.25, -0.2) is 0 Å². The molecule has 2 rings (SSSR count). The Labute approximate surface area is 134 Å². The molecule has 4 unspecified atom stereocenters. The molecule has 1 aliphatic carbocycles. The molecule has 21 heavy (non-hydrogen) atoms. The van der Waals surface area contributed by atoms with Gasteiger partial charge in [-0.2, -0.15) is 11.8 Å². The quantitative estimate of drug-likeness (QED) is 0.740. The summed E-state index contributed by atoms with van der Waals surface area (Å²) in [6.07, 6.45) is 9.53. The second-order valence-electron chi connectivity index (χ2n) is 6.46. The van der Waals surface area contributed by atoms with Crippen molar-refractivity contribution >= 4 is 17.7 Å². The third-order valence-electron chi connectivity index (χ3n) is 4.84. The molecule has 2 fully saturated rings. The third-order valence-corrected chi connectivity index (χ3v) is 6.08. The summed E-state index contributed by atoms with van der Waals surface area (Å²) in [7, 11) is 0. The van der Waals surface area contributed by atoms with Gasteiger partial charge in [0.15, 0.2) is 0 Å². The van der Waals surface area contributed by atoms with Crippen LogP contribution in [0.15, 0.2) is 0 Å². The lowest BCUT2D eigenvalue weighted by atomic mass is 10.1. The highest BCUT2D eigenvalue weighted by Crippen LogP contribution is 2.35. The highest BCUT2D eigenvalue weighted by molar-refractivity contribution is 7.99. The smallest absolute Gasteiger partial charge is 0.241 e. The fourth-order valence-corrected chi connectivity index (χ4v) is 4.95. The molecule has 1 heterocycles. The molecule has 3 nitrogen and oxygen atoms in total. The van der Waals surface area contributed by atoms with E-state index in [0.29, 0.717) is 18.1 Å². The summed E-state index contributed by atoms with van der Waals surface area (Å²) in [6, 6.07) is 0.566. The number of thioether (sulfide) groups is 1. The summed E-state index contributed by atoms with van der Waals surface area (Å²) in [5, 5.41) is 4.39. The molecule has 1 aliphatic heterocycles. The van der Waals surface area contributed by atoms with Gasteiger partial charge in [0, 0.05) is 11.3 Å². The molecule has 0 aromatic rings. The molecule has 0 aromatic carbocycles. The van der Waals surface area contributed by atoms with E-state index in [1.807, 2.05) is 0 Å². The maximum absolute atomic E-state index is 12.8. The topological polar surface area (TPSA) is 32.3 Å². The molecule has 4 atom stereocenters. The minimum Gasteiger partial charge on any atom is -0.323 e. The van der Waals surface area contributed by atoms with Gasteiger partial charge in [-0.1, -0.05) is 40.0 Å². The van der Waals surface area contributed by atoms with Crippen LogP contribution in [0.2, 0.25) is 0 Å². The van der Waals surface area contributed by atoms with E-state index in [1.165, 1.54) is 31.4 Å². The molecule has 0 bridgehead atoms. The minimum atomic E-state index is 0.0828. The number of hydrogen-bond donors (Lipinski definition) is 1. The summed E-state index contributed by atoms with van der Waals surface area (Å²) in [5.41, 5.74) is 0. The summed E-state index contributed by atoms with van der Waals surface area (Å²) >= 11 is 2.07. The van der Waals surface area contributed by atoms with Gasteiger partial charge >= 0.3 is 0 Å². The second-order valence-corrected chi connectivity index (χ2v) is 8.03. The molecule has 0 radical (unpaired) electrons. The zero-order chi connectivity index (χ0) is 15.2. The molecule has 1 N–H and O–H groups in total. The predicted octanol–water partition coefficient (Wildman–Crippen LogP) is 3.78. The summed E-state index contributed by atoms with van der Waals surface area (Å²) in [6.45, 7) is 6.65. The van der Waals surface area contributed by atoms with Crippen LogP contribution in [0.1, 0.15) is 72.1 Å². The Morgan fingerprint density at radius 2 is 2.00 bits per heavy atom. The lowest BCUT2D eigenvalue weighted by Crippen LogP contribution is -2.43. The largest absolute Gasteiger partial charge is 0.323 e. The first-order chi connectivity index (χ1) is 10.2. The summed E-state index contributed by atoms with van der Waals surface area (Å²) in [4.78, 5) is 15.0. The van der Waals surface area contributed by atoms with Crippen LogP contribution >= 0.6 is 11.8 Å². The van der Waals surface area contributed by atoms with E-state index >= 15 is 0 Å². The Balaban J connectivity index is 1.99. The van der Waals surface area contributed by atoms with Crippen molar-refractivity contribution < 1.29 is 4.79 Å². The molecule has 122 valence electrons. The van der Waals surface area contributed by atoms with E-state index in [1.54, 1.807) is 0 Å². The van der Waals surface area contributed by atoms with Crippen molar-refractivity contribution in [2.45, 2.75) is 95.6 Å². The van der Waals surface area contributed by atoms with Gasteiger partial charge in [-0.15, -0.1) is 0 Å². The van der Waals surface area contributed by atoms with Crippen molar-refractivity contribution in [3.05, 3.63) is 0 Å². The molecule has 1 saturated carbocycles. The zero-order valence-electron chi connectivity index (χ0n) is 13.9. The highest BCUT2D eigenvalue weighted by Gasteiger charge is 2.43. The van der Waals surface area contributed by atoms with Crippen LogP contribution in [0, 0.1) is 0 Å². The standard InChI is InChI=1S/C17H32N2OS/c1-4-7-9-15-17(20)19(16(18-15)8-5-2)13-10-11-14(12-13)21-6-3/h13-16,18H,4-12H2,1-3H3. The maximum atomic E-state index is 12.8. The SMILES string of the molecule is CCCCC1NC(CCC)N(C2CCC(SCC)C2)C1=O. The van der Waals surface area contributed by atoms with Gasteiger partial charge in [-0.3, -0.25) is 10.1 Å². The fourth-order valence-electron chi connectivity index (χ4n) is 3.82. The average Bonchev–Trinajstić information content (AvgIpc) is 3.03. The van der Waals surface area contributed by atoms with E-state index in [0.717, 1.165) is 30.9 Å². The average molecular weight is 313 g/mol. The van der Waals surface area contributed by atoms with Crippen molar-refractivity contribution in [1.29, 1.82) is 0 Å². The van der Waals surface area contributed by atoms with Gasteiger partial charge in [0.2, 0.25) is 5.91 Å². The Morgan fingerprint density at radius 3 is 2.67 bits per heavy atom. The summed E-state index contributed by atoms with van der Waals surface area (Å²) in [5.74, 6) is 1.58. The number of carbonyl (C=O) groups is 1. The maximum Gasteiger partial charge on any atom is 0.241 e. The first kappa shape index (κ1) is 17.1. The lowest BCUT2D eigenvalue weighted by molar-refractivity contribution is -0.132. The van der Waals surface area contributed by atoms with E-state index in [2.05, 4.69) is 42.7 Å². The van der Waals surface area contributed by atoms with Crippen LogP contribution in [0.25, 0.3) is 0 Å². The predicted molar refractivity (Wildman–Crippen MR) is 91.5 cm³/mol. The number of unbranched alkanes of at least 4 members (excludes halogenated alkanes) is 1. The number of carbonyl (C=O) groups excluding carboxylic acids is 1. The van der Waals surface area contributed by atoms with Crippen molar-refractivity contribution in [2.24, 2.45) is 0 Å². The molecule has 0 spiro atoms.